The van der Waals surface area contributed by atoms with Crippen LogP contribution in [0.2, 0.25) is 0 Å². The van der Waals surface area contributed by atoms with Crippen LogP contribution in [0.3, 0.4) is 0 Å². The molecule has 0 atom stereocenters. The van der Waals surface area contributed by atoms with Crippen molar-refractivity contribution in [2.75, 3.05) is 37.7 Å². The van der Waals surface area contributed by atoms with Crippen LogP contribution in [0, 0.1) is 6.92 Å². The van der Waals surface area contributed by atoms with Gasteiger partial charge in [-0.2, -0.15) is 4.98 Å². The Morgan fingerprint density at radius 2 is 2.06 bits per heavy atom. The van der Waals surface area contributed by atoms with Crippen LogP contribution in [0.25, 0.3) is 5.95 Å². The van der Waals surface area contributed by atoms with Crippen LogP contribution >= 0.6 is 0 Å². The Bertz CT molecular complexity index is 1160. The fraction of sp³-hybridized carbons (Fsp3) is 0.400. The van der Waals surface area contributed by atoms with Gasteiger partial charge in [-0.1, -0.05) is 12.1 Å². The molecule has 184 valence electrons. The van der Waals surface area contributed by atoms with Gasteiger partial charge in [0.05, 0.1) is 13.2 Å². The number of nitrogens with zero attached hydrogens (tertiary/aromatic N) is 5. The second-order valence-corrected chi connectivity index (χ2v) is 8.54. The van der Waals surface area contributed by atoms with Crippen molar-refractivity contribution < 1.29 is 14.3 Å². The van der Waals surface area contributed by atoms with Crippen LogP contribution in [0.4, 0.5) is 5.82 Å². The zero-order chi connectivity index (χ0) is 24.6. The topological polar surface area (TPSA) is 114 Å². The van der Waals surface area contributed by atoms with Gasteiger partial charge in [-0.05, 0) is 37.0 Å². The van der Waals surface area contributed by atoms with Crippen molar-refractivity contribution >= 4 is 17.6 Å². The van der Waals surface area contributed by atoms with E-state index in [1.807, 2.05) is 30.0 Å². The maximum absolute atomic E-state index is 12.8. The Morgan fingerprint density at radius 3 is 2.86 bits per heavy atom. The fourth-order valence-electron chi connectivity index (χ4n) is 3.97. The standard InChI is InChI=1S/C25H31N7O3/c1-18-14-23(30-25(29-18)32-12-10-26-17-32)31(11-3-8-27-19(2)33)16-24(34)28-9-6-20-4-5-22-21(15-20)7-13-35-22/h4-5,10,12,14-15,17H,3,6-9,11,13,16H2,1-2H3,(H,27,33)(H,28,34). The van der Waals surface area contributed by atoms with E-state index in [-0.39, 0.29) is 18.4 Å². The lowest BCUT2D eigenvalue weighted by Gasteiger charge is -2.24. The first kappa shape index (κ1) is 24.2. The van der Waals surface area contributed by atoms with Gasteiger partial charge in [0.15, 0.2) is 0 Å². The molecule has 4 rings (SSSR count). The van der Waals surface area contributed by atoms with Crippen LogP contribution in [-0.4, -0.2) is 64.1 Å². The van der Waals surface area contributed by atoms with Gasteiger partial charge in [0.2, 0.25) is 17.8 Å². The van der Waals surface area contributed by atoms with E-state index in [1.165, 1.54) is 18.1 Å². The molecular formula is C25H31N7O3. The predicted molar refractivity (Wildman–Crippen MR) is 132 cm³/mol. The second kappa shape index (κ2) is 11.5. The van der Waals surface area contributed by atoms with Crippen molar-refractivity contribution in [3.63, 3.8) is 0 Å². The summed E-state index contributed by atoms with van der Waals surface area (Å²) < 4.78 is 7.29. The minimum Gasteiger partial charge on any atom is -0.493 e. The number of rotatable bonds is 11. The lowest BCUT2D eigenvalue weighted by atomic mass is 10.1. The Hall–Kier alpha value is -3.95. The molecule has 3 heterocycles. The van der Waals surface area contributed by atoms with Crippen molar-refractivity contribution in [3.8, 4) is 11.7 Å². The zero-order valence-corrected chi connectivity index (χ0v) is 20.2. The summed E-state index contributed by atoms with van der Waals surface area (Å²) in [5.41, 5.74) is 3.19. The Balaban J connectivity index is 1.39. The number of ether oxygens (including phenoxy) is 1. The van der Waals surface area contributed by atoms with E-state index in [1.54, 1.807) is 23.3 Å². The maximum Gasteiger partial charge on any atom is 0.239 e. The number of aromatic nitrogens is 4. The van der Waals surface area contributed by atoms with Gasteiger partial charge < -0.3 is 20.3 Å². The summed E-state index contributed by atoms with van der Waals surface area (Å²) in [5.74, 6) is 1.94. The zero-order valence-electron chi connectivity index (χ0n) is 20.2. The molecule has 0 fully saturated rings. The van der Waals surface area contributed by atoms with Gasteiger partial charge in [0.1, 0.15) is 17.9 Å². The first-order chi connectivity index (χ1) is 17.0. The lowest BCUT2D eigenvalue weighted by molar-refractivity contribution is -0.120. The van der Waals surface area contributed by atoms with E-state index in [0.717, 1.165) is 30.9 Å². The number of hydrogen-bond donors (Lipinski definition) is 2. The third kappa shape index (κ3) is 6.78. The van der Waals surface area contributed by atoms with Gasteiger partial charge in [-0.3, -0.25) is 14.2 Å². The summed E-state index contributed by atoms with van der Waals surface area (Å²) >= 11 is 0. The average Bonchev–Trinajstić information content (AvgIpc) is 3.52. The number of nitrogens with one attached hydrogen (secondary N) is 2. The number of anilines is 1. The summed E-state index contributed by atoms with van der Waals surface area (Å²) in [7, 11) is 0. The van der Waals surface area contributed by atoms with Gasteiger partial charge in [0, 0.05) is 57.1 Å². The number of carbonyl (C=O) groups is 2. The summed E-state index contributed by atoms with van der Waals surface area (Å²) in [6.45, 7) is 5.89. The number of benzene rings is 1. The molecule has 1 aliphatic heterocycles. The van der Waals surface area contributed by atoms with Crippen LogP contribution in [0.15, 0.2) is 43.0 Å². The number of imidazole rings is 1. The van der Waals surface area contributed by atoms with Crippen LogP contribution in [-0.2, 0) is 22.4 Å². The quantitative estimate of drug-likeness (QED) is 0.403. The summed E-state index contributed by atoms with van der Waals surface area (Å²) in [4.78, 5) is 39.2. The molecular weight excluding hydrogens is 446 g/mol. The summed E-state index contributed by atoms with van der Waals surface area (Å²) in [6.07, 6.45) is 7.43. The average molecular weight is 478 g/mol. The molecule has 3 aromatic rings. The molecule has 0 radical (unpaired) electrons. The lowest BCUT2D eigenvalue weighted by Crippen LogP contribution is -2.40. The molecule has 0 spiro atoms. The highest BCUT2D eigenvalue weighted by Crippen LogP contribution is 2.25. The Kier molecular flexibility index (Phi) is 7.92. The molecule has 0 unspecified atom stereocenters. The maximum atomic E-state index is 12.8. The van der Waals surface area contributed by atoms with Gasteiger partial charge in [-0.15, -0.1) is 0 Å². The largest absolute Gasteiger partial charge is 0.493 e. The van der Waals surface area contributed by atoms with E-state index in [2.05, 4.69) is 31.7 Å². The molecule has 1 aromatic carbocycles. The molecule has 2 aromatic heterocycles. The molecule has 0 saturated heterocycles. The molecule has 2 N–H and O–H groups in total. The first-order valence-electron chi connectivity index (χ1n) is 11.8. The minimum absolute atomic E-state index is 0.0762. The monoisotopic (exact) mass is 477 g/mol. The van der Waals surface area contributed by atoms with Gasteiger partial charge >= 0.3 is 0 Å². The van der Waals surface area contributed by atoms with Gasteiger partial charge in [0.25, 0.3) is 0 Å². The van der Waals surface area contributed by atoms with Crippen molar-refractivity contribution in [1.82, 2.24) is 30.2 Å². The predicted octanol–water partition coefficient (Wildman–Crippen LogP) is 1.60. The summed E-state index contributed by atoms with van der Waals surface area (Å²) in [6, 6.07) is 8.07. The normalized spacial score (nSPS) is 12.1. The highest BCUT2D eigenvalue weighted by molar-refractivity contribution is 5.81. The second-order valence-electron chi connectivity index (χ2n) is 8.54. The van der Waals surface area contributed by atoms with E-state index < -0.39 is 0 Å². The Morgan fingerprint density at radius 1 is 1.17 bits per heavy atom. The molecule has 2 amide bonds. The molecule has 0 aliphatic carbocycles. The van der Waals surface area contributed by atoms with Crippen LogP contribution in [0.5, 0.6) is 5.75 Å². The third-order valence-electron chi connectivity index (χ3n) is 5.69. The van der Waals surface area contributed by atoms with E-state index in [9.17, 15) is 9.59 Å². The molecule has 10 heteroatoms. The van der Waals surface area contributed by atoms with Crippen molar-refractivity contribution in [3.05, 3.63) is 59.8 Å². The van der Waals surface area contributed by atoms with Crippen LogP contribution in [0.1, 0.15) is 30.2 Å². The van der Waals surface area contributed by atoms with Crippen molar-refractivity contribution in [2.45, 2.75) is 33.1 Å². The van der Waals surface area contributed by atoms with Crippen molar-refractivity contribution in [2.24, 2.45) is 0 Å². The minimum atomic E-state index is -0.0885. The highest BCUT2D eigenvalue weighted by Gasteiger charge is 2.16. The molecule has 0 bridgehead atoms. The fourth-order valence-corrected chi connectivity index (χ4v) is 3.97. The van der Waals surface area contributed by atoms with E-state index in [4.69, 9.17) is 4.74 Å². The molecule has 1 aliphatic rings. The first-order valence-corrected chi connectivity index (χ1v) is 11.8. The van der Waals surface area contributed by atoms with E-state index >= 15 is 0 Å². The van der Waals surface area contributed by atoms with Crippen LogP contribution < -0.4 is 20.3 Å². The summed E-state index contributed by atoms with van der Waals surface area (Å²) in [5, 5.41) is 5.83. The third-order valence-corrected chi connectivity index (χ3v) is 5.69. The number of hydrogen-bond acceptors (Lipinski definition) is 7. The number of amides is 2. The number of fused-ring (bicyclic) bond motifs is 1. The molecule has 35 heavy (non-hydrogen) atoms. The van der Waals surface area contributed by atoms with E-state index in [0.29, 0.717) is 37.8 Å². The smallest absolute Gasteiger partial charge is 0.239 e. The number of aryl methyl sites for hydroxylation is 1. The highest BCUT2D eigenvalue weighted by atomic mass is 16.5. The SMILES string of the molecule is CC(=O)NCCCN(CC(=O)NCCc1ccc2c(c1)CCO2)c1cc(C)nc(-n2ccnc2)n1. The molecule has 0 saturated carbocycles. The van der Waals surface area contributed by atoms with Crippen molar-refractivity contribution in [1.29, 1.82) is 0 Å². The Labute approximate surface area is 204 Å². The molecule has 10 nitrogen and oxygen atoms in total. The number of carbonyl (C=O) groups excluding carboxylic acids is 2. The van der Waals surface area contributed by atoms with Gasteiger partial charge in [-0.25, -0.2) is 9.97 Å².